The highest BCUT2D eigenvalue weighted by molar-refractivity contribution is 6.28. The number of benzene rings is 1. The van der Waals surface area contributed by atoms with E-state index in [4.69, 9.17) is 9.47 Å². The van der Waals surface area contributed by atoms with Gasteiger partial charge in [-0.05, 0) is 37.0 Å². The Morgan fingerprint density at radius 3 is 2.46 bits per heavy atom. The lowest BCUT2D eigenvalue weighted by Gasteiger charge is -2.36. The zero-order chi connectivity index (χ0) is 18.5. The molecule has 1 saturated heterocycles. The van der Waals surface area contributed by atoms with Crippen LogP contribution in [0.2, 0.25) is 0 Å². The summed E-state index contributed by atoms with van der Waals surface area (Å²) in [4.78, 5) is 36.3. The number of imide groups is 1. The molecular formula is C20H23NO5. The van der Waals surface area contributed by atoms with Gasteiger partial charge in [-0.3, -0.25) is 14.4 Å². The summed E-state index contributed by atoms with van der Waals surface area (Å²) in [5, 5.41) is 0. The van der Waals surface area contributed by atoms with Crippen molar-refractivity contribution in [2.45, 2.75) is 38.7 Å². The zero-order valence-corrected chi connectivity index (χ0v) is 14.8. The van der Waals surface area contributed by atoms with Gasteiger partial charge in [-0.25, -0.2) is 4.90 Å². The molecule has 2 heterocycles. The summed E-state index contributed by atoms with van der Waals surface area (Å²) in [6, 6.07) is 6.77. The molecule has 0 aliphatic carbocycles. The van der Waals surface area contributed by atoms with Crippen LogP contribution in [0.3, 0.4) is 0 Å². The monoisotopic (exact) mass is 357 g/mol. The number of carbonyl (C=O) groups is 3. The summed E-state index contributed by atoms with van der Waals surface area (Å²) in [6.45, 7) is 3.41. The lowest BCUT2D eigenvalue weighted by Crippen LogP contribution is -2.39. The van der Waals surface area contributed by atoms with Gasteiger partial charge in [0.1, 0.15) is 0 Å². The molecule has 1 aromatic carbocycles. The van der Waals surface area contributed by atoms with Crippen molar-refractivity contribution in [3.05, 3.63) is 42.0 Å². The molecule has 0 spiro atoms. The van der Waals surface area contributed by atoms with Crippen molar-refractivity contribution in [3.63, 3.8) is 0 Å². The standard InChI is InChI=1S/C20H23NO5/c1-2-15-13-26-17(15)4-3-11-25-20(24)12-14-5-7-16(8-6-14)21-18(22)9-10-19(21)23/h5-10,15,17H,2-4,11-13H2,1H3. The van der Waals surface area contributed by atoms with E-state index in [0.717, 1.165) is 36.3 Å². The first-order chi connectivity index (χ1) is 12.6. The van der Waals surface area contributed by atoms with Crippen LogP contribution in [0, 0.1) is 5.92 Å². The van der Waals surface area contributed by atoms with Gasteiger partial charge in [0.05, 0.1) is 31.4 Å². The normalized spacial score (nSPS) is 21.8. The topological polar surface area (TPSA) is 72.9 Å². The molecule has 0 N–H and O–H groups in total. The number of nitrogens with zero attached hydrogens (tertiary/aromatic N) is 1. The van der Waals surface area contributed by atoms with Crippen LogP contribution in [-0.2, 0) is 30.3 Å². The molecule has 3 rings (SSSR count). The summed E-state index contributed by atoms with van der Waals surface area (Å²) in [6.07, 6.45) is 5.82. The summed E-state index contributed by atoms with van der Waals surface area (Å²) in [5.74, 6) is -0.353. The van der Waals surface area contributed by atoms with Gasteiger partial charge >= 0.3 is 5.97 Å². The molecule has 1 aromatic rings. The lowest BCUT2D eigenvalue weighted by atomic mass is 9.92. The second-order valence-corrected chi connectivity index (χ2v) is 6.59. The van der Waals surface area contributed by atoms with E-state index in [1.807, 2.05) is 0 Å². The number of ether oxygens (including phenoxy) is 2. The fourth-order valence-corrected chi connectivity index (χ4v) is 3.17. The van der Waals surface area contributed by atoms with E-state index in [9.17, 15) is 14.4 Å². The maximum absolute atomic E-state index is 11.9. The van der Waals surface area contributed by atoms with Crippen molar-refractivity contribution in [1.82, 2.24) is 0 Å². The third-order valence-electron chi connectivity index (χ3n) is 4.82. The van der Waals surface area contributed by atoms with Crippen LogP contribution in [0.15, 0.2) is 36.4 Å². The van der Waals surface area contributed by atoms with E-state index in [0.29, 0.717) is 24.3 Å². The largest absolute Gasteiger partial charge is 0.465 e. The van der Waals surface area contributed by atoms with Crippen LogP contribution in [-0.4, -0.2) is 37.1 Å². The van der Waals surface area contributed by atoms with Crippen LogP contribution in [0.4, 0.5) is 5.69 Å². The molecule has 2 unspecified atom stereocenters. The fourth-order valence-electron chi connectivity index (χ4n) is 3.17. The van der Waals surface area contributed by atoms with E-state index in [1.165, 1.54) is 12.2 Å². The number of hydrogen-bond acceptors (Lipinski definition) is 5. The van der Waals surface area contributed by atoms with Crippen molar-refractivity contribution >= 4 is 23.5 Å². The molecule has 1 fully saturated rings. The Kier molecular flexibility index (Phi) is 5.83. The smallest absolute Gasteiger partial charge is 0.310 e. The van der Waals surface area contributed by atoms with Gasteiger partial charge in [0.15, 0.2) is 0 Å². The van der Waals surface area contributed by atoms with Crippen LogP contribution < -0.4 is 4.90 Å². The number of esters is 1. The molecule has 2 atom stereocenters. The second-order valence-electron chi connectivity index (χ2n) is 6.59. The minimum Gasteiger partial charge on any atom is -0.465 e. The number of carbonyl (C=O) groups excluding carboxylic acids is 3. The molecule has 0 aromatic heterocycles. The fraction of sp³-hybridized carbons (Fsp3) is 0.450. The summed E-state index contributed by atoms with van der Waals surface area (Å²) < 4.78 is 10.8. The molecule has 2 aliphatic heterocycles. The third kappa shape index (κ3) is 4.19. The summed E-state index contributed by atoms with van der Waals surface area (Å²) in [7, 11) is 0. The van der Waals surface area contributed by atoms with Crippen LogP contribution in [0.25, 0.3) is 0 Å². The average Bonchev–Trinajstić information content (AvgIpc) is 2.93. The predicted molar refractivity (Wildman–Crippen MR) is 95.5 cm³/mol. The van der Waals surface area contributed by atoms with E-state index in [1.54, 1.807) is 24.3 Å². The van der Waals surface area contributed by atoms with Gasteiger partial charge in [-0.15, -0.1) is 0 Å². The van der Waals surface area contributed by atoms with Gasteiger partial charge in [0, 0.05) is 18.1 Å². The SMILES string of the molecule is CCC1COC1CCCOC(=O)Cc1ccc(N2C(=O)C=CC2=O)cc1. The van der Waals surface area contributed by atoms with Crippen molar-refractivity contribution < 1.29 is 23.9 Å². The molecule has 138 valence electrons. The van der Waals surface area contributed by atoms with Crippen LogP contribution in [0.5, 0.6) is 0 Å². The lowest BCUT2D eigenvalue weighted by molar-refractivity contribution is -0.144. The van der Waals surface area contributed by atoms with Gasteiger partial charge in [-0.1, -0.05) is 19.1 Å². The maximum atomic E-state index is 11.9. The quantitative estimate of drug-likeness (QED) is 0.406. The summed E-state index contributed by atoms with van der Waals surface area (Å²) >= 11 is 0. The Hall–Kier alpha value is -2.47. The zero-order valence-electron chi connectivity index (χ0n) is 14.8. The molecule has 2 amide bonds. The molecule has 0 saturated carbocycles. The molecule has 26 heavy (non-hydrogen) atoms. The van der Waals surface area contributed by atoms with Crippen molar-refractivity contribution in [3.8, 4) is 0 Å². The van der Waals surface area contributed by atoms with Crippen LogP contribution >= 0.6 is 0 Å². The first kappa shape index (κ1) is 18.3. The minimum absolute atomic E-state index is 0.165. The van der Waals surface area contributed by atoms with Crippen molar-refractivity contribution in [2.75, 3.05) is 18.1 Å². The number of hydrogen-bond donors (Lipinski definition) is 0. The molecule has 6 heteroatoms. The minimum atomic E-state index is -0.358. The Morgan fingerprint density at radius 2 is 1.88 bits per heavy atom. The molecule has 0 bridgehead atoms. The Labute approximate surface area is 152 Å². The Morgan fingerprint density at radius 1 is 1.19 bits per heavy atom. The van der Waals surface area contributed by atoms with Gasteiger partial charge < -0.3 is 9.47 Å². The number of rotatable bonds is 8. The van der Waals surface area contributed by atoms with E-state index in [2.05, 4.69) is 6.92 Å². The first-order valence-electron chi connectivity index (χ1n) is 9.00. The Bertz CT molecular complexity index is 689. The number of anilines is 1. The van der Waals surface area contributed by atoms with Crippen LogP contribution in [0.1, 0.15) is 31.7 Å². The summed E-state index contributed by atoms with van der Waals surface area (Å²) in [5.41, 5.74) is 1.27. The third-order valence-corrected chi connectivity index (χ3v) is 4.82. The van der Waals surface area contributed by atoms with Gasteiger partial charge in [0.25, 0.3) is 11.8 Å². The molecule has 2 aliphatic rings. The van der Waals surface area contributed by atoms with Gasteiger partial charge in [0.2, 0.25) is 0 Å². The molecular weight excluding hydrogens is 334 g/mol. The van der Waals surface area contributed by atoms with Crippen molar-refractivity contribution in [1.29, 1.82) is 0 Å². The predicted octanol–water partition coefficient (Wildman–Crippen LogP) is 2.41. The number of amides is 2. The highest BCUT2D eigenvalue weighted by Gasteiger charge is 2.29. The molecule has 0 radical (unpaired) electrons. The average molecular weight is 357 g/mol. The van der Waals surface area contributed by atoms with Gasteiger partial charge in [-0.2, -0.15) is 0 Å². The first-order valence-corrected chi connectivity index (χ1v) is 9.00. The van der Waals surface area contributed by atoms with E-state index < -0.39 is 0 Å². The maximum Gasteiger partial charge on any atom is 0.310 e. The van der Waals surface area contributed by atoms with E-state index >= 15 is 0 Å². The highest BCUT2D eigenvalue weighted by atomic mass is 16.5. The second kappa shape index (κ2) is 8.27. The Balaban J connectivity index is 1.40. The highest BCUT2D eigenvalue weighted by Crippen LogP contribution is 2.27. The molecule has 6 nitrogen and oxygen atoms in total. The van der Waals surface area contributed by atoms with Crippen molar-refractivity contribution in [2.24, 2.45) is 5.92 Å². The van der Waals surface area contributed by atoms with E-state index in [-0.39, 0.29) is 24.2 Å².